The topological polar surface area (TPSA) is 0 Å². The second kappa shape index (κ2) is 3.07. The summed E-state index contributed by atoms with van der Waals surface area (Å²) in [4.78, 5) is 0. The summed E-state index contributed by atoms with van der Waals surface area (Å²) in [6, 6.07) is 17.1. The van der Waals surface area contributed by atoms with Gasteiger partial charge in [0, 0.05) is 0 Å². The van der Waals surface area contributed by atoms with Gasteiger partial charge in [0.05, 0.1) is 0 Å². The average Bonchev–Trinajstić information content (AvgIpc) is 2.14. The fourth-order valence-corrected chi connectivity index (χ4v) is 1.84. The van der Waals surface area contributed by atoms with E-state index in [2.05, 4.69) is 48.5 Å². The molecule has 2 aromatic carbocycles. The van der Waals surface area contributed by atoms with Crippen LogP contribution in [0.4, 0.5) is 0 Å². The Hall–Kier alpha value is -0.963. The Kier molecular flexibility index (Phi) is 2.04. The molecule has 0 saturated carbocycles. The van der Waals surface area contributed by atoms with Crippen LogP contribution >= 0.6 is 0 Å². The Morgan fingerprint density at radius 3 is 0.923 bits per heavy atom. The number of benzene rings is 2. The first-order valence-corrected chi connectivity index (χ1v) is 4.15. The molecule has 13 heavy (non-hydrogen) atoms. The van der Waals surface area contributed by atoms with Gasteiger partial charge in [0.2, 0.25) is 0 Å². The third-order valence-corrected chi connectivity index (χ3v) is 2.43. The molecule has 0 heterocycles. The summed E-state index contributed by atoms with van der Waals surface area (Å²) >= 11 is 0. The summed E-state index contributed by atoms with van der Waals surface area (Å²) in [7, 11) is 0. The van der Waals surface area contributed by atoms with Crippen LogP contribution in [0.5, 0.6) is 0 Å². The van der Waals surface area contributed by atoms with E-state index in [0.717, 1.165) is 0 Å². The first-order valence-electron chi connectivity index (χ1n) is 4.15. The Labute approximate surface area is 89.8 Å². The Bertz CT molecular complexity index is 346. The average molecular weight is 160 g/mol. The maximum absolute atomic E-state index is 2.18. The molecule has 0 saturated heterocycles. The third-order valence-electron chi connectivity index (χ3n) is 2.43. The Morgan fingerprint density at radius 2 is 0.692 bits per heavy atom. The van der Waals surface area contributed by atoms with Crippen molar-refractivity contribution in [3.8, 4) is 22.3 Å². The van der Waals surface area contributed by atoms with Crippen molar-refractivity contribution in [2.24, 2.45) is 0 Å². The van der Waals surface area contributed by atoms with E-state index in [1.54, 1.807) is 0 Å². The van der Waals surface area contributed by atoms with Crippen LogP contribution < -0.4 is 0 Å². The molecule has 0 nitrogen and oxygen atoms in total. The van der Waals surface area contributed by atoms with Crippen molar-refractivity contribution in [3.05, 3.63) is 48.5 Å². The van der Waals surface area contributed by atoms with Gasteiger partial charge in [-0.25, -0.2) is 0 Å². The molecule has 3 rings (SSSR count). The minimum absolute atomic E-state index is 0. The number of fused-ring (bicyclic) bond motifs is 4. The van der Waals surface area contributed by atoms with Gasteiger partial charge in [-0.1, -0.05) is 48.5 Å². The fraction of sp³-hybridized carbons (Fsp3) is 0. The molecule has 1 heteroatoms. The number of rotatable bonds is 0. The molecule has 0 spiro atoms. The summed E-state index contributed by atoms with van der Waals surface area (Å²) < 4.78 is 0. The molecule has 1 aliphatic carbocycles. The summed E-state index contributed by atoms with van der Waals surface area (Å²) in [5.41, 5.74) is 5.59. The minimum Gasteiger partial charge on any atom is -0.0616 e. The van der Waals surface area contributed by atoms with Crippen LogP contribution in [-0.4, -0.2) is 18.9 Å². The van der Waals surface area contributed by atoms with Crippen molar-refractivity contribution < 1.29 is 0 Å². The van der Waals surface area contributed by atoms with Crippen LogP contribution in [0.25, 0.3) is 22.3 Å². The van der Waals surface area contributed by atoms with E-state index in [0.29, 0.717) is 0 Å². The molecule has 0 aliphatic heterocycles. The van der Waals surface area contributed by atoms with E-state index in [1.165, 1.54) is 22.3 Å². The maximum atomic E-state index is 2.18. The molecule has 0 fully saturated rings. The van der Waals surface area contributed by atoms with E-state index in [9.17, 15) is 0 Å². The molecule has 2 aromatic rings. The van der Waals surface area contributed by atoms with E-state index < -0.39 is 0 Å². The van der Waals surface area contributed by atoms with Crippen LogP contribution in [-0.2, 0) is 0 Å². The van der Waals surface area contributed by atoms with E-state index in [4.69, 9.17) is 0 Å². The summed E-state index contributed by atoms with van der Waals surface area (Å²) in [5, 5.41) is 0. The molecule has 0 radical (unpaired) electrons. The quantitative estimate of drug-likeness (QED) is 0.443. The molecule has 0 atom stereocenters. The first kappa shape index (κ1) is 8.63. The largest absolute Gasteiger partial charge is 0.0616 e. The second-order valence-electron chi connectivity index (χ2n) is 3.09. The van der Waals surface area contributed by atoms with Crippen molar-refractivity contribution in [2.45, 2.75) is 0 Å². The van der Waals surface area contributed by atoms with Gasteiger partial charge in [-0.05, 0) is 22.3 Å². The monoisotopic (exact) mass is 160 g/mol. The van der Waals surface area contributed by atoms with Gasteiger partial charge in [0.1, 0.15) is 0 Å². The van der Waals surface area contributed by atoms with Gasteiger partial charge in [0.25, 0.3) is 0 Å². The Morgan fingerprint density at radius 1 is 0.462 bits per heavy atom. The molecule has 0 unspecified atom stereocenters. The standard InChI is InChI=1S/C12H8.Li.H/c1-2-6-10-9(5-1)11-7-3-4-8-12(10)11;;/h1-8H;;. The van der Waals surface area contributed by atoms with Crippen LogP contribution in [0, 0.1) is 0 Å². The van der Waals surface area contributed by atoms with Crippen LogP contribution in [0.2, 0.25) is 0 Å². The predicted molar refractivity (Wildman–Crippen MR) is 58.0 cm³/mol. The SMILES string of the molecule is [LiH].c1ccc2c(c1)-c1ccccc1-2. The van der Waals surface area contributed by atoms with Crippen LogP contribution in [0.15, 0.2) is 48.5 Å². The zero-order valence-corrected chi connectivity index (χ0v) is 6.62. The van der Waals surface area contributed by atoms with E-state index in [-0.39, 0.29) is 18.9 Å². The predicted octanol–water partition coefficient (Wildman–Crippen LogP) is 2.69. The second-order valence-corrected chi connectivity index (χ2v) is 3.09. The number of hydrogen-bond donors (Lipinski definition) is 0. The van der Waals surface area contributed by atoms with Crippen molar-refractivity contribution >= 4 is 18.9 Å². The summed E-state index contributed by atoms with van der Waals surface area (Å²) in [6.07, 6.45) is 0. The normalized spacial score (nSPS) is 10.5. The van der Waals surface area contributed by atoms with Gasteiger partial charge in [-0.15, -0.1) is 0 Å². The van der Waals surface area contributed by atoms with Gasteiger partial charge in [-0.3, -0.25) is 0 Å². The summed E-state index contributed by atoms with van der Waals surface area (Å²) in [6.45, 7) is 0. The van der Waals surface area contributed by atoms with Crippen LogP contribution in [0.3, 0.4) is 0 Å². The van der Waals surface area contributed by atoms with Gasteiger partial charge < -0.3 is 0 Å². The fourth-order valence-electron chi connectivity index (χ4n) is 1.84. The molecule has 0 N–H and O–H groups in total. The van der Waals surface area contributed by atoms with E-state index >= 15 is 0 Å². The van der Waals surface area contributed by atoms with E-state index in [1.807, 2.05) is 0 Å². The zero-order valence-electron chi connectivity index (χ0n) is 6.62. The molecule has 0 amide bonds. The Balaban J connectivity index is 0.000000653. The third kappa shape index (κ3) is 1.07. The molecule has 0 bridgehead atoms. The molecular weight excluding hydrogens is 151 g/mol. The van der Waals surface area contributed by atoms with Gasteiger partial charge in [0.15, 0.2) is 0 Å². The molecule has 58 valence electrons. The molecule has 0 aromatic heterocycles. The minimum atomic E-state index is 0. The van der Waals surface area contributed by atoms with Gasteiger partial charge in [-0.2, -0.15) is 0 Å². The maximum Gasteiger partial charge on any atom is -0.00990 e. The summed E-state index contributed by atoms with van der Waals surface area (Å²) in [5.74, 6) is 0. The number of hydrogen-bond acceptors (Lipinski definition) is 0. The zero-order chi connectivity index (χ0) is 7.97. The first-order chi connectivity index (χ1) is 5.97. The molecule has 1 aliphatic rings. The van der Waals surface area contributed by atoms with Crippen molar-refractivity contribution in [3.63, 3.8) is 0 Å². The van der Waals surface area contributed by atoms with Crippen molar-refractivity contribution in [2.75, 3.05) is 0 Å². The molecular formula is C12H9Li. The van der Waals surface area contributed by atoms with Crippen LogP contribution in [0.1, 0.15) is 0 Å². The van der Waals surface area contributed by atoms with Crippen molar-refractivity contribution in [1.29, 1.82) is 0 Å². The van der Waals surface area contributed by atoms with Crippen molar-refractivity contribution in [1.82, 2.24) is 0 Å². The van der Waals surface area contributed by atoms with Gasteiger partial charge >= 0.3 is 18.9 Å². The smallest absolute Gasteiger partial charge is 0.00990 e.